The number of aryl methyl sites for hydroxylation is 1. The summed E-state index contributed by atoms with van der Waals surface area (Å²) >= 11 is 0. The molecular weight excluding hydrogens is 302 g/mol. The third kappa shape index (κ3) is 4.28. The molecule has 0 aromatic heterocycles. The van der Waals surface area contributed by atoms with E-state index < -0.39 is 0 Å². The molecule has 2 heterocycles. The second kappa shape index (κ2) is 7.53. The molecule has 3 atom stereocenters. The van der Waals surface area contributed by atoms with Crippen molar-refractivity contribution in [3.05, 3.63) is 29.8 Å². The number of urea groups is 1. The molecular formula is C19H29N3O2. The van der Waals surface area contributed by atoms with Crippen molar-refractivity contribution in [2.45, 2.75) is 51.9 Å². The molecule has 1 aromatic carbocycles. The van der Waals surface area contributed by atoms with Crippen LogP contribution in [-0.2, 0) is 4.74 Å². The van der Waals surface area contributed by atoms with Crippen LogP contribution in [0.2, 0.25) is 0 Å². The summed E-state index contributed by atoms with van der Waals surface area (Å²) in [4.78, 5) is 17.1. The molecule has 0 aliphatic carbocycles. The Morgan fingerprint density at radius 2 is 1.88 bits per heavy atom. The van der Waals surface area contributed by atoms with Gasteiger partial charge >= 0.3 is 6.03 Å². The van der Waals surface area contributed by atoms with Gasteiger partial charge in [0.1, 0.15) is 0 Å². The molecule has 0 bridgehead atoms. The third-order valence-corrected chi connectivity index (χ3v) is 4.91. The zero-order valence-electron chi connectivity index (χ0n) is 15.0. The average molecular weight is 331 g/mol. The van der Waals surface area contributed by atoms with Crippen molar-refractivity contribution >= 4 is 11.7 Å². The number of rotatable bonds is 3. The van der Waals surface area contributed by atoms with Gasteiger partial charge in [-0.3, -0.25) is 4.90 Å². The molecule has 2 saturated heterocycles. The van der Waals surface area contributed by atoms with Crippen molar-refractivity contribution < 1.29 is 9.53 Å². The zero-order valence-corrected chi connectivity index (χ0v) is 15.0. The number of nitrogens with zero attached hydrogens (tertiary/aromatic N) is 2. The molecule has 0 unspecified atom stereocenters. The van der Waals surface area contributed by atoms with Gasteiger partial charge in [-0.1, -0.05) is 17.7 Å². The molecule has 0 radical (unpaired) electrons. The predicted molar refractivity (Wildman–Crippen MR) is 96.4 cm³/mol. The average Bonchev–Trinajstić information content (AvgIpc) is 2.96. The van der Waals surface area contributed by atoms with E-state index in [4.69, 9.17) is 4.74 Å². The molecule has 2 aliphatic heterocycles. The lowest BCUT2D eigenvalue weighted by molar-refractivity contribution is -0.0712. The maximum absolute atomic E-state index is 12.7. The molecule has 132 valence electrons. The van der Waals surface area contributed by atoms with E-state index >= 15 is 0 Å². The first-order valence-corrected chi connectivity index (χ1v) is 9.03. The Balaban J connectivity index is 1.58. The number of hydrogen-bond acceptors (Lipinski definition) is 3. The van der Waals surface area contributed by atoms with Crippen LogP contribution in [0.15, 0.2) is 24.3 Å². The monoisotopic (exact) mass is 331 g/mol. The van der Waals surface area contributed by atoms with E-state index in [9.17, 15) is 4.79 Å². The van der Waals surface area contributed by atoms with E-state index in [1.807, 2.05) is 36.1 Å². The van der Waals surface area contributed by atoms with Crippen molar-refractivity contribution in [1.29, 1.82) is 0 Å². The zero-order chi connectivity index (χ0) is 17.1. The first-order valence-electron chi connectivity index (χ1n) is 9.03. The Morgan fingerprint density at radius 1 is 1.21 bits per heavy atom. The summed E-state index contributed by atoms with van der Waals surface area (Å²) in [6.45, 7) is 9.99. The van der Waals surface area contributed by atoms with Crippen LogP contribution in [-0.4, -0.2) is 60.3 Å². The van der Waals surface area contributed by atoms with Gasteiger partial charge in [0.05, 0.1) is 12.2 Å². The molecule has 0 saturated carbocycles. The van der Waals surface area contributed by atoms with Gasteiger partial charge in [0.15, 0.2) is 0 Å². The minimum absolute atomic E-state index is 0.0238. The Morgan fingerprint density at radius 3 is 2.54 bits per heavy atom. The summed E-state index contributed by atoms with van der Waals surface area (Å²) < 4.78 is 5.81. The number of ether oxygens (including phenoxy) is 1. The highest BCUT2D eigenvalue weighted by atomic mass is 16.5. The van der Waals surface area contributed by atoms with Crippen LogP contribution in [0.1, 0.15) is 32.3 Å². The molecule has 5 heteroatoms. The number of anilines is 1. The van der Waals surface area contributed by atoms with Crippen molar-refractivity contribution in [2.75, 3.05) is 31.5 Å². The fourth-order valence-corrected chi connectivity index (χ4v) is 3.86. The molecule has 1 N–H and O–H groups in total. The highest BCUT2D eigenvalue weighted by Crippen LogP contribution is 2.22. The van der Waals surface area contributed by atoms with Gasteiger partial charge in [-0.2, -0.15) is 0 Å². The van der Waals surface area contributed by atoms with Crippen LogP contribution >= 0.6 is 0 Å². The molecule has 0 spiro atoms. The lowest BCUT2D eigenvalue weighted by Crippen LogP contribution is -2.51. The third-order valence-electron chi connectivity index (χ3n) is 4.91. The van der Waals surface area contributed by atoms with Crippen LogP contribution in [0.4, 0.5) is 10.5 Å². The van der Waals surface area contributed by atoms with E-state index in [0.717, 1.165) is 44.7 Å². The molecule has 24 heavy (non-hydrogen) atoms. The van der Waals surface area contributed by atoms with Gasteiger partial charge in [-0.25, -0.2) is 4.79 Å². The quantitative estimate of drug-likeness (QED) is 0.926. The van der Waals surface area contributed by atoms with Gasteiger partial charge in [-0.15, -0.1) is 0 Å². The highest BCUT2D eigenvalue weighted by Gasteiger charge is 2.32. The predicted octanol–water partition coefficient (Wildman–Crippen LogP) is 3.10. The minimum atomic E-state index is 0.0238. The van der Waals surface area contributed by atoms with Crippen molar-refractivity contribution in [1.82, 2.24) is 9.80 Å². The molecule has 5 nitrogen and oxygen atoms in total. The fourth-order valence-electron chi connectivity index (χ4n) is 3.86. The summed E-state index contributed by atoms with van der Waals surface area (Å²) in [6.07, 6.45) is 2.71. The fraction of sp³-hybridized carbons (Fsp3) is 0.632. The summed E-state index contributed by atoms with van der Waals surface area (Å²) in [7, 11) is 0. The van der Waals surface area contributed by atoms with Crippen LogP contribution in [0.5, 0.6) is 0 Å². The van der Waals surface area contributed by atoms with Crippen molar-refractivity contribution in [2.24, 2.45) is 0 Å². The van der Waals surface area contributed by atoms with Gasteiger partial charge in [0.25, 0.3) is 0 Å². The SMILES string of the molecule is Cc1ccc(NC(=O)N2CCC[C@@H]2CN2C[C@H](C)O[C@@H](C)C2)cc1. The second-order valence-corrected chi connectivity index (χ2v) is 7.26. The number of amides is 2. The van der Waals surface area contributed by atoms with E-state index in [2.05, 4.69) is 24.1 Å². The van der Waals surface area contributed by atoms with Crippen LogP contribution in [0.25, 0.3) is 0 Å². The first-order chi connectivity index (χ1) is 11.5. The first kappa shape index (κ1) is 17.2. The molecule has 2 amide bonds. The number of morpholine rings is 1. The Hall–Kier alpha value is -1.59. The Kier molecular flexibility index (Phi) is 5.41. The summed E-state index contributed by atoms with van der Waals surface area (Å²) in [6, 6.07) is 8.29. The normalized spacial score (nSPS) is 28.1. The van der Waals surface area contributed by atoms with Crippen LogP contribution < -0.4 is 5.32 Å². The minimum Gasteiger partial charge on any atom is -0.373 e. The number of likely N-dealkylation sites (tertiary alicyclic amines) is 1. The van der Waals surface area contributed by atoms with Gasteiger partial charge in [0, 0.05) is 37.9 Å². The Bertz CT molecular complexity index is 550. The molecule has 2 fully saturated rings. The number of hydrogen-bond donors (Lipinski definition) is 1. The standard InChI is InChI=1S/C19H29N3O2/c1-14-6-8-17(9-7-14)20-19(23)22-10-4-5-18(22)13-21-11-15(2)24-16(3)12-21/h6-9,15-16,18H,4-5,10-13H2,1-3H3,(H,20,23)/t15-,16-,18+/m0/s1. The lowest BCUT2D eigenvalue weighted by atomic mass is 10.1. The lowest BCUT2D eigenvalue weighted by Gasteiger charge is -2.38. The topological polar surface area (TPSA) is 44.8 Å². The van der Waals surface area contributed by atoms with Crippen molar-refractivity contribution in [3.8, 4) is 0 Å². The number of benzene rings is 1. The maximum Gasteiger partial charge on any atom is 0.322 e. The van der Waals surface area contributed by atoms with E-state index in [1.54, 1.807) is 0 Å². The van der Waals surface area contributed by atoms with Gasteiger partial charge in [0.2, 0.25) is 0 Å². The van der Waals surface area contributed by atoms with Crippen molar-refractivity contribution in [3.63, 3.8) is 0 Å². The molecule has 2 aliphatic rings. The van der Waals surface area contributed by atoms with Crippen LogP contribution in [0, 0.1) is 6.92 Å². The molecule has 3 rings (SSSR count). The summed E-state index contributed by atoms with van der Waals surface area (Å²) in [5.74, 6) is 0. The van der Waals surface area contributed by atoms with E-state index in [0.29, 0.717) is 6.04 Å². The molecule has 1 aromatic rings. The van der Waals surface area contributed by atoms with Gasteiger partial charge < -0.3 is 15.0 Å². The smallest absolute Gasteiger partial charge is 0.322 e. The highest BCUT2D eigenvalue weighted by molar-refractivity contribution is 5.89. The van der Waals surface area contributed by atoms with Crippen LogP contribution in [0.3, 0.4) is 0 Å². The number of carbonyl (C=O) groups is 1. The number of carbonyl (C=O) groups excluding carboxylic acids is 1. The summed E-state index contributed by atoms with van der Waals surface area (Å²) in [5, 5.41) is 3.04. The maximum atomic E-state index is 12.7. The van der Waals surface area contributed by atoms with E-state index in [-0.39, 0.29) is 18.2 Å². The Labute approximate surface area is 145 Å². The van der Waals surface area contributed by atoms with Gasteiger partial charge in [-0.05, 0) is 45.7 Å². The second-order valence-electron chi connectivity index (χ2n) is 7.26. The largest absolute Gasteiger partial charge is 0.373 e. The number of nitrogens with one attached hydrogen (secondary N) is 1. The van der Waals surface area contributed by atoms with E-state index in [1.165, 1.54) is 5.56 Å². The summed E-state index contributed by atoms with van der Waals surface area (Å²) in [5.41, 5.74) is 2.06.